The van der Waals surface area contributed by atoms with Crippen LogP contribution >= 0.6 is 11.8 Å². The number of hydrogen-bond donors (Lipinski definition) is 0. The number of carbonyl (C=O) groups is 2. The molecule has 0 aliphatic rings. The van der Waals surface area contributed by atoms with Crippen molar-refractivity contribution in [2.24, 2.45) is 0 Å². The average Bonchev–Trinajstić information content (AvgIpc) is 2.91. The molecule has 35 heavy (non-hydrogen) atoms. The van der Waals surface area contributed by atoms with Crippen LogP contribution in [0, 0.1) is 0 Å². The number of hydrogen-bond acceptors (Lipinski definition) is 5. The number of methoxy groups -OCH3 is 1. The van der Waals surface area contributed by atoms with Gasteiger partial charge in [-0.25, -0.2) is 4.79 Å². The van der Waals surface area contributed by atoms with E-state index in [2.05, 4.69) is 72.8 Å². The molecule has 176 valence electrons. The fraction of sp³-hybridized carbons (Fsp3) is 0.133. The third-order valence-corrected chi connectivity index (χ3v) is 7.32. The van der Waals surface area contributed by atoms with Crippen molar-refractivity contribution in [2.45, 2.75) is 17.4 Å². The number of ether oxygens (including phenoxy) is 2. The van der Waals surface area contributed by atoms with E-state index in [1.54, 1.807) is 23.9 Å². The zero-order valence-corrected chi connectivity index (χ0v) is 20.5. The Morgan fingerprint density at radius 2 is 1.23 bits per heavy atom. The van der Waals surface area contributed by atoms with Crippen LogP contribution < -0.4 is 4.74 Å². The van der Waals surface area contributed by atoms with Gasteiger partial charge in [0.2, 0.25) is 0 Å². The van der Waals surface area contributed by atoms with Crippen molar-refractivity contribution in [3.8, 4) is 5.75 Å². The summed E-state index contributed by atoms with van der Waals surface area (Å²) >= 11 is 1.77. The van der Waals surface area contributed by atoms with Gasteiger partial charge >= 0.3 is 11.9 Å². The molecule has 0 aliphatic carbocycles. The summed E-state index contributed by atoms with van der Waals surface area (Å²) in [4.78, 5) is 23.9. The predicted molar refractivity (Wildman–Crippen MR) is 140 cm³/mol. The Bertz CT molecular complexity index is 1190. The maximum absolute atomic E-state index is 12.4. The lowest BCUT2D eigenvalue weighted by Crippen LogP contribution is -2.25. The molecule has 4 nitrogen and oxygen atoms in total. The Balaban J connectivity index is 1.81. The standard InChI is InChI=1S/C30H26O4S/c1-22(31)34-28-19-18-23(20-27(28)29(32)33-2)21-35-30(24-12-6-3-7-13-24,25-14-8-4-9-15-25)26-16-10-5-11-17-26/h3-20H,21H2,1-2H3. The Morgan fingerprint density at radius 1 is 0.743 bits per heavy atom. The van der Waals surface area contributed by atoms with Gasteiger partial charge in [0.05, 0.1) is 11.9 Å². The highest BCUT2D eigenvalue weighted by molar-refractivity contribution is 7.99. The molecule has 0 aromatic heterocycles. The first-order valence-corrected chi connectivity index (χ1v) is 12.2. The van der Waals surface area contributed by atoms with Crippen LogP contribution in [0.4, 0.5) is 0 Å². The highest BCUT2D eigenvalue weighted by Gasteiger charge is 2.36. The van der Waals surface area contributed by atoms with E-state index in [-0.39, 0.29) is 11.3 Å². The van der Waals surface area contributed by atoms with Crippen LogP contribution in [0.1, 0.15) is 39.5 Å². The third kappa shape index (κ3) is 5.31. The van der Waals surface area contributed by atoms with Gasteiger partial charge < -0.3 is 9.47 Å². The zero-order valence-electron chi connectivity index (χ0n) is 19.6. The summed E-state index contributed by atoms with van der Waals surface area (Å²) in [6.07, 6.45) is 0. The third-order valence-electron chi connectivity index (χ3n) is 5.70. The Hall–Kier alpha value is -3.83. The molecule has 0 amide bonds. The largest absolute Gasteiger partial charge is 0.465 e. The minimum absolute atomic E-state index is 0.193. The van der Waals surface area contributed by atoms with Gasteiger partial charge in [-0.15, -0.1) is 11.8 Å². The van der Waals surface area contributed by atoms with Gasteiger partial charge in [-0.1, -0.05) is 97.1 Å². The molecule has 0 aliphatic heterocycles. The van der Waals surface area contributed by atoms with Gasteiger partial charge in [-0.2, -0.15) is 0 Å². The minimum Gasteiger partial charge on any atom is -0.465 e. The van der Waals surface area contributed by atoms with E-state index in [0.29, 0.717) is 5.75 Å². The van der Waals surface area contributed by atoms with E-state index in [1.807, 2.05) is 24.3 Å². The summed E-state index contributed by atoms with van der Waals surface area (Å²) in [5.41, 5.74) is 4.62. The van der Waals surface area contributed by atoms with E-state index in [4.69, 9.17) is 9.47 Å². The van der Waals surface area contributed by atoms with Crippen LogP contribution in [-0.2, 0) is 20.0 Å². The zero-order chi connectivity index (χ0) is 24.7. The average molecular weight is 483 g/mol. The van der Waals surface area contributed by atoms with E-state index >= 15 is 0 Å². The second-order valence-electron chi connectivity index (χ2n) is 7.98. The van der Waals surface area contributed by atoms with Crippen molar-refractivity contribution in [3.05, 3.63) is 137 Å². The second kappa shape index (κ2) is 11.1. The van der Waals surface area contributed by atoms with Crippen molar-refractivity contribution in [1.82, 2.24) is 0 Å². The van der Waals surface area contributed by atoms with Gasteiger partial charge in [0.1, 0.15) is 11.3 Å². The monoisotopic (exact) mass is 482 g/mol. The molecule has 4 rings (SSSR count). The van der Waals surface area contributed by atoms with Crippen LogP contribution in [0.5, 0.6) is 5.75 Å². The maximum Gasteiger partial charge on any atom is 0.341 e. The summed E-state index contributed by atoms with van der Waals surface area (Å²) in [6.45, 7) is 1.30. The molecular formula is C30H26O4S. The number of thioether (sulfide) groups is 1. The van der Waals surface area contributed by atoms with Crippen LogP contribution in [-0.4, -0.2) is 19.0 Å². The van der Waals surface area contributed by atoms with Crippen LogP contribution in [0.15, 0.2) is 109 Å². The molecule has 0 bridgehead atoms. The first-order chi connectivity index (χ1) is 17.0. The molecule has 0 unspecified atom stereocenters. The molecule has 0 fully saturated rings. The van der Waals surface area contributed by atoms with E-state index in [1.165, 1.54) is 14.0 Å². The molecule has 0 saturated carbocycles. The van der Waals surface area contributed by atoms with Gasteiger partial charge in [0, 0.05) is 12.7 Å². The first kappa shape index (κ1) is 24.3. The summed E-state index contributed by atoms with van der Waals surface area (Å²) in [7, 11) is 1.31. The van der Waals surface area contributed by atoms with E-state index < -0.39 is 16.7 Å². The molecule has 0 spiro atoms. The highest BCUT2D eigenvalue weighted by atomic mass is 32.2. The molecule has 0 atom stereocenters. The Morgan fingerprint density at radius 3 is 1.66 bits per heavy atom. The van der Waals surface area contributed by atoms with Gasteiger partial charge in [0.25, 0.3) is 0 Å². The van der Waals surface area contributed by atoms with Crippen LogP contribution in [0.3, 0.4) is 0 Å². The number of esters is 2. The van der Waals surface area contributed by atoms with Gasteiger partial charge in [-0.05, 0) is 34.4 Å². The fourth-order valence-corrected chi connectivity index (χ4v) is 5.61. The fourth-order valence-electron chi connectivity index (χ4n) is 4.14. The second-order valence-corrected chi connectivity index (χ2v) is 9.17. The lowest BCUT2D eigenvalue weighted by molar-refractivity contribution is -0.131. The predicted octanol–water partition coefficient (Wildman–Crippen LogP) is 6.62. The number of carbonyl (C=O) groups excluding carboxylic acids is 2. The van der Waals surface area contributed by atoms with Gasteiger partial charge in [-0.3, -0.25) is 4.79 Å². The Labute approximate surface area is 209 Å². The lowest BCUT2D eigenvalue weighted by atomic mass is 9.84. The number of rotatable bonds is 8. The summed E-state index contributed by atoms with van der Waals surface area (Å²) < 4.78 is 9.68. The van der Waals surface area contributed by atoms with Crippen LogP contribution in [0.25, 0.3) is 0 Å². The minimum atomic E-state index is -0.548. The number of benzene rings is 4. The summed E-state index contributed by atoms with van der Waals surface area (Å²) in [6, 6.07) is 36.6. The van der Waals surface area contributed by atoms with Crippen molar-refractivity contribution in [2.75, 3.05) is 7.11 Å². The summed E-state index contributed by atoms with van der Waals surface area (Å²) in [5.74, 6) is -0.246. The smallest absolute Gasteiger partial charge is 0.341 e. The normalized spacial score (nSPS) is 11.0. The molecule has 0 radical (unpaired) electrons. The quantitative estimate of drug-likeness (QED) is 0.160. The molecule has 5 heteroatoms. The molecule has 4 aromatic carbocycles. The molecule has 0 saturated heterocycles. The van der Waals surface area contributed by atoms with Crippen molar-refractivity contribution >= 4 is 23.7 Å². The summed E-state index contributed by atoms with van der Waals surface area (Å²) in [5, 5.41) is 0. The molecule has 0 N–H and O–H groups in total. The maximum atomic E-state index is 12.4. The lowest BCUT2D eigenvalue weighted by Gasteiger charge is -2.35. The van der Waals surface area contributed by atoms with Crippen molar-refractivity contribution in [1.29, 1.82) is 0 Å². The SMILES string of the molecule is COC(=O)c1cc(CSC(c2ccccc2)(c2ccccc2)c2ccccc2)ccc1OC(C)=O. The Kier molecular flexibility index (Phi) is 7.68. The molecule has 4 aromatic rings. The van der Waals surface area contributed by atoms with Crippen LogP contribution in [0.2, 0.25) is 0 Å². The van der Waals surface area contributed by atoms with Crippen molar-refractivity contribution in [3.63, 3.8) is 0 Å². The van der Waals surface area contributed by atoms with Crippen molar-refractivity contribution < 1.29 is 19.1 Å². The van der Waals surface area contributed by atoms with E-state index in [0.717, 1.165) is 22.3 Å². The topological polar surface area (TPSA) is 52.6 Å². The van der Waals surface area contributed by atoms with Gasteiger partial charge in [0.15, 0.2) is 0 Å². The molecule has 0 heterocycles. The first-order valence-electron chi connectivity index (χ1n) is 11.2. The molecular weight excluding hydrogens is 456 g/mol. The highest BCUT2D eigenvalue weighted by Crippen LogP contribution is 2.49. The van der Waals surface area contributed by atoms with E-state index in [9.17, 15) is 9.59 Å².